The summed E-state index contributed by atoms with van der Waals surface area (Å²) >= 11 is 0. The molecule has 0 N–H and O–H groups in total. The highest BCUT2D eigenvalue weighted by Crippen LogP contribution is 2.02. The fourth-order valence-electron chi connectivity index (χ4n) is 1.03. The van der Waals surface area contributed by atoms with Crippen LogP contribution in [0.1, 0.15) is 10.5 Å². The molecule has 5 heteroatoms. The second kappa shape index (κ2) is 2.85. The Bertz CT molecular complexity index is 449. The largest absolute Gasteiger partial charge is 0.464 e. The van der Waals surface area contributed by atoms with Crippen LogP contribution in [0.4, 0.5) is 0 Å². The monoisotopic (exact) mass is 177 g/mol. The maximum atomic E-state index is 11.1. The molecular formula is C8H7N3O2. The Kier molecular flexibility index (Phi) is 1.70. The van der Waals surface area contributed by atoms with E-state index in [0.29, 0.717) is 0 Å². The molecule has 0 saturated carbocycles. The third-order valence-corrected chi connectivity index (χ3v) is 1.66. The van der Waals surface area contributed by atoms with Crippen molar-refractivity contribution in [2.75, 3.05) is 7.11 Å². The molecule has 0 aliphatic heterocycles. The highest BCUT2D eigenvalue weighted by molar-refractivity contribution is 5.87. The predicted molar refractivity (Wildman–Crippen MR) is 44.3 cm³/mol. The lowest BCUT2D eigenvalue weighted by Crippen LogP contribution is -2.07. The minimum Gasteiger partial charge on any atom is -0.464 e. The minimum atomic E-state index is -0.461. The normalized spacial score (nSPS) is 10.2. The van der Waals surface area contributed by atoms with Crippen LogP contribution in [-0.4, -0.2) is 27.9 Å². The molecule has 0 fully saturated rings. The molecule has 13 heavy (non-hydrogen) atoms. The fraction of sp³-hybridized carbons (Fsp3) is 0.125. The maximum absolute atomic E-state index is 11.1. The van der Waals surface area contributed by atoms with Gasteiger partial charge in [-0.25, -0.2) is 4.79 Å². The average molecular weight is 177 g/mol. The van der Waals surface area contributed by atoms with E-state index in [2.05, 4.69) is 14.9 Å². The summed E-state index contributed by atoms with van der Waals surface area (Å²) in [5, 5.41) is 7.83. The van der Waals surface area contributed by atoms with Crippen LogP contribution >= 0.6 is 0 Å². The van der Waals surface area contributed by atoms with E-state index in [1.54, 1.807) is 24.4 Å². The number of methoxy groups -OCH3 is 1. The summed E-state index contributed by atoms with van der Waals surface area (Å²) in [7, 11) is 1.32. The second-order valence-electron chi connectivity index (χ2n) is 2.46. The molecule has 2 rings (SSSR count). The molecule has 0 unspecified atom stereocenters. The number of esters is 1. The van der Waals surface area contributed by atoms with Gasteiger partial charge in [-0.15, -0.1) is 5.10 Å². The lowest BCUT2D eigenvalue weighted by atomic mass is 10.3. The van der Waals surface area contributed by atoms with E-state index in [1.807, 2.05) is 0 Å². The number of rotatable bonds is 1. The summed E-state index contributed by atoms with van der Waals surface area (Å²) in [6.07, 6.45) is 1.61. The van der Waals surface area contributed by atoms with Crippen LogP contribution in [0.5, 0.6) is 0 Å². The zero-order chi connectivity index (χ0) is 9.26. The first kappa shape index (κ1) is 7.72. The van der Waals surface area contributed by atoms with Crippen LogP contribution in [-0.2, 0) is 4.74 Å². The molecule has 2 aromatic rings. The Hall–Kier alpha value is -1.91. The first-order valence-corrected chi connectivity index (χ1v) is 3.70. The number of carbonyl (C=O) groups is 1. The average Bonchev–Trinajstić information content (AvgIpc) is 2.63. The van der Waals surface area contributed by atoms with Gasteiger partial charge in [-0.3, -0.25) is 0 Å². The van der Waals surface area contributed by atoms with E-state index in [-0.39, 0.29) is 5.69 Å². The van der Waals surface area contributed by atoms with E-state index >= 15 is 0 Å². The first-order valence-electron chi connectivity index (χ1n) is 3.70. The number of carbonyl (C=O) groups excluding carboxylic acids is 1. The van der Waals surface area contributed by atoms with Crippen LogP contribution in [0.3, 0.4) is 0 Å². The summed E-state index contributed by atoms with van der Waals surface area (Å²) in [4.78, 5) is 11.1. The number of fused-ring (bicyclic) bond motifs is 1. The molecule has 0 atom stereocenters. The van der Waals surface area contributed by atoms with Crippen LogP contribution < -0.4 is 0 Å². The third-order valence-electron chi connectivity index (χ3n) is 1.66. The standard InChI is InChI=1S/C8H7N3O2/c1-13-8(12)7-3-2-6-4-5-9-11(6)10-7/h2-5H,1H3. The number of hydrogen-bond donors (Lipinski definition) is 0. The molecule has 0 bridgehead atoms. The van der Waals surface area contributed by atoms with Crippen molar-refractivity contribution < 1.29 is 9.53 Å². The van der Waals surface area contributed by atoms with Crippen molar-refractivity contribution in [3.8, 4) is 0 Å². The van der Waals surface area contributed by atoms with Crippen molar-refractivity contribution in [2.24, 2.45) is 0 Å². The minimum absolute atomic E-state index is 0.249. The van der Waals surface area contributed by atoms with E-state index in [4.69, 9.17) is 0 Å². The molecule has 0 aliphatic carbocycles. The highest BCUT2D eigenvalue weighted by atomic mass is 16.5. The summed E-state index contributed by atoms with van der Waals surface area (Å²) in [5.41, 5.74) is 1.09. The van der Waals surface area contributed by atoms with Crippen molar-refractivity contribution in [1.29, 1.82) is 0 Å². The number of ether oxygens (including phenoxy) is 1. The molecule has 0 radical (unpaired) electrons. The van der Waals surface area contributed by atoms with Gasteiger partial charge in [0.25, 0.3) is 0 Å². The van der Waals surface area contributed by atoms with Crippen molar-refractivity contribution in [2.45, 2.75) is 0 Å². The van der Waals surface area contributed by atoms with Gasteiger partial charge in [0.2, 0.25) is 0 Å². The Labute approximate surface area is 73.9 Å². The molecule has 0 aromatic carbocycles. The van der Waals surface area contributed by atoms with Gasteiger partial charge in [0.05, 0.1) is 18.8 Å². The topological polar surface area (TPSA) is 56.5 Å². The van der Waals surface area contributed by atoms with Crippen molar-refractivity contribution >= 4 is 11.5 Å². The van der Waals surface area contributed by atoms with Gasteiger partial charge >= 0.3 is 5.97 Å². The number of nitrogens with zero attached hydrogens (tertiary/aromatic N) is 3. The Morgan fingerprint density at radius 3 is 3.08 bits per heavy atom. The summed E-state index contributed by atoms with van der Waals surface area (Å²) in [5.74, 6) is -0.461. The highest BCUT2D eigenvalue weighted by Gasteiger charge is 2.07. The first-order chi connectivity index (χ1) is 6.31. The molecular weight excluding hydrogens is 170 g/mol. The quantitative estimate of drug-likeness (QED) is 0.596. The zero-order valence-corrected chi connectivity index (χ0v) is 6.97. The lowest BCUT2D eigenvalue weighted by Gasteiger charge is -1.97. The fourth-order valence-corrected chi connectivity index (χ4v) is 1.03. The zero-order valence-electron chi connectivity index (χ0n) is 6.97. The molecule has 0 spiro atoms. The Morgan fingerprint density at radius 2 is 2.31 bits per heavy atom. The van der Waals surface area contributed by atoms with Gasteiger partial charge in [-0.2, -0.15) is 9.73 Å². The molecule has 0 saturated heterocycles. The van der Waals surface area contributed by atoms with Crippen molar-refractivity contribution in [3.05, 3.63) is 30.1 Å². The number of hydrogen-bond acceptors (Lipinski definition) is 4. The number of aromatic nitrogens is 3. The van der Waals surface area contributed by atoms with Gasteiger partial charge in [0.15, 0.2) is 5.69 Å². The molecule has 2 heterocycles. The molecule has 5 nitrogen and oxygen atoms in total. The van der Waals surface area contributed by atoms with Gasteiger partial charge < -0.3 is 4.74 Å². The second-order valence-corrected chi connectivity index (χ2v) is 2.46. The van der Waals surface area contributed by atoms with Crippen LogP contribution in [0.15, 0.2) is 24.4 Å². The Balaban J connectivity index is 2.54. The van der Waals surface area contributed by atoms with Crippen LogP contribution in [0, 0.1) is 0 Å². The molecule has 0 amide bonds. The SMILES string of the molecule is COC(=O)c1ccc2ccnn2n1. The Morgan fingerprint density at radius 1 is 1.46 bits per heavy atom. The van der Waals surface area contributed by atoms with Crippen molar-refractivity contribution in [3.63, 3.8) is 0 Å². The van der Waals surface area contributed by atoms with Crippen molar-refractivity contribution in [1.82, 2.24) is 14.8 Å². The lowest BCUT2D eigenvalue weighted by molar-refractivity contribution is 0.0592. The van der Waals surface area contributed by atoms with E-state index in [0.717, 1.165) is 5.52 Å². The summed E-state index contributed by atoms with van der Waals surface area (Å²) < 4.78 is 5.90. The maximum Gasteiger partial charge on any atom is 0.358 e. The smallest absolute Gasteiger partial charge is 0.358 e. The summed E-state index contributed by atoms with van der Waals surface area (Å²) in [6, 6.07) is 5.16. The molecule has 0 aliphatic rings. The molecule has 66 valence electrons. The van der Waals surface area contributed by atoms with Gasteiger partial charge in [-0.1, -0.05) is 0 Å². The van der Waals surface area contributed by atoms with E-state index in [9.17, 15) is 4.79 Å². The van der Waals surface area contributed by atoms with Gasteiger partial charge in [0, 0.05) is 0 Å². The summed E-state index contributed by atoms with van der Waals surface area (Å²) in [6.45, 7) is 0. The third kappa shape index (κ3) is 1.24. The van der Waals surface area contributed by atoms with Crippen LogP contribution in [0.2, 0.25) is 0 Å². The van der Waals surface area contributed by atoms with Gasteiger partial charge in [0.1, 0.15) is 0 Å². The van der Waals surface area contributed by atoms with Crippen LogP contribution in [0.25, 0.3) is 5.52 Å². The predicted octanol–water partition coefficient (Wildman–Crippen LogP) is 0.516. The van der Waals surface area contributed by atoms with E-state index < -0.39 is 5.97 Å². The van der Waals surface area contributed by atoms with E-state index in [1.165, 1.54) is 11.7 Å². The van der Waals surface area contributed by atoms with Gasteiger partial charge in [-0.05, 0) is 18.2 Å². The molecule has 2 aromatic heterocycles.